The number of aromatic nitrogens is 4. The van der Waals surface area contributed by atoms with Gasteiger partial charge in [-0.2, -0.15) is 0 Å². The second kappa shape index (κ2) is 10.3. The van der Waals surface area contributed by atoms with Gasteiger partial charge < -0.3 is 14.6 Å². The smallest absolute Gasteiger partial charge is 0.306 e. The maximum Gasteiger partial charge on any atom is 0.306 e. The summed E-state index contributed by atoms with van der Waals surface area (Å²) in [4.78, 5) is 29.2. The number of esters is 1. The van der Waals surface area contributed by atoms with Crippen molar-refractivity contribution < 1.29 is 18.7 Å². The molecule has 1 unspecified atom stereocenters. The quantitative estimate of drug-likeness (QED) is 0.497. The van der Waals surface area contributed by atoms with E-state index >= 15 is 0 Å². The van der Waals surface area contributed by atoms with Crippen LogP contribution in [0.4, 0.5) is 10.2 Å². The Balaban J connectivity index is 1.84. The molecule has 3 aromatic rings. The zero-order valence-electron chi connectivity index (χ0n) is 19.4. The molecule has 1 atom stereocenters. The summed E-state index contributed by atoms with van der Waals surface area (Å²) in [6.07, 6.45) is 1.76. The Morgan fingerprint density at radius 1 is 1.21 bits per heavy atom. The van der Waals surface area contributed by atoms with Crippen molar-refractivity contribution >= 4 is 17.7 Å². The second-order valence-electron chi connectivity index (χ2n) is 8.12. The number of anilines is 1. The summed E-state index contributed by atoms with van der Waals surface area (Å²) in [6.45, 7) is 9.62. The summed E-state index contributed by atoms with van der Waals surface area (Å²) in [6, 6.07) is 8.04. The lowest BCUT2D eigenvalue weighted by atomic mass is 9.91. The van der Waals surface area contributed by atoms with E-state index < -0.39 is 11.7 Å². The number of hydrogen-bond acceptors (Lipinski definition) is 6. The largest absolute Gasteiger partial charge is 0.466 e. The summed E-state index contributed by atoms with van der Waals surface area (Å²) in [5.74, 6) is -1.02. The van der Waals surface area contributed by atoms with Crippen molar-refractivity contribution in [3.63, 3.8) is 0 Å². The van der Waals surface area contributed by atoms with Gasteiger partial charge in [0, 0.05) is 6.04 Å². The van der Waals surface area contributed by atoms with Crippen LogP contribution in [0.15, 0.2) is 36.7 Å². The van der Waals surface area contributed by atoms with Gasteiger partial charge in [-0.25, -0.2) is 9.37 Å². The molecule has 2 heterocycles. The van der Waals surface area contributed by atoms with Gasteiger partial charge >= 0.3 is 5.97 Å². The molecule has 174 valence electrons. The van der Waals surface area contributed by atoms with E-state index in [1.165, 1.54) is 12.1 Å². The minimum atomic E-state index is -0.646. The van der Waals surface area contributed by atoms with Gasteiger partial charge in [0.2, 0.25) is 0 Å². The highest BCUT2D eigenvalue weighted by Gasteiger charge is 2.20. The van der Waals surface area contributed by atoms with Crippen molar-refractivity contribution in [3.8, 4) is 11.5 Å². The van der Waals surface area contributed by atoms with Crippen molar-refractivity contribution in [3.05, 3.63) is 59.2 Å². The molecule has 0 radical (unpaired) electrons. The Kier molecular flexibility index (Phi) is 7.52. The highest BCUT2D eigenvalue weighted by molar-refractivity contribution is 6.04. The number of aryl methyl sites for hydroxylation is 1. The van der Waals surface area contributed by atoms with E-state index in [1.807, 2.05) is 25.3 Å². The number of hydrogen-bond donors (Lipinski definition) is 1. The number of ether oxygens (including phenoxy) is 1. The van der Waals surface area contributed by atoms with E-state index in [9.17, 15) is 14.0 Å². The number of nitrogens with zero attached hydrogens (tertiary/aromatic N) is 4. The molecule has 2 aromatic heterocycles. The van der Waals surface area contributed by atoms with Crippen LogP contribution in [0.1, 0.15) is 67.6 Å². The summed E-state index contributed by atoms with van der Waals surface area (Å²) in [5, 5.41) is 10.7. The van der Waals surface area contributed by atoms with Crippen LogP contribution >= 0.6 is 0 Å². The number of pyridine rings is 1. The summed E-state index contributed by atoms with van der Waals surface area (Å²) < 4.78 is 21.6. The first-order valence-corrected chi connectivity index (χ1v) is 10.8. The highest BCUT2D eigenvalue weighted by atomic mass is 19.1. The molecule has 1 amide bonds. The zero-order chi connectivity index (χ0) is 24.1. The van der Waals surface area contributed by atoms with Crippen molar-refractivity contribution in [2.24, 2.45) is 0 Å². The molecule has 0 fully saturated rings. The topological polar surface area (TPSA) is 99.0 Å². The molecule has 1 aromatic carbocycles. The van der Waals surface area contributed by atoms with E-state index in [2.05, 4.69) is 20.5 Å². The van der Waals surface area contributed by atoms with E-state index in [-0.39, 0.29) is 35.7 Å². The molecule has 0 saturated carbocycles. The van der Waals surface area contributed by atoms with Gasteiger partial charge in [0.15, 0.2) is 5.82 Å². The number of benzene rings is 1. The van der Waals surface area contributed by atoms with Gasteiger partial charge in [0.25, 0.3) is 5.91 Å². The van der Waals surface area contributed by atoms with Crippen molar-refractivity contribution in [1.82, 2.24) is 19.7 Å². The first kappa shape index (κ1) is 24.0. The van der Waals surface area contributed by atoms with Crippen LogP contribution in [0, 0.1) is 12.7 Å². The van der Waals surface area contributed by atoms with E-state index in [1.54, 1.807) is 38.4 Å². The van der Waals surface area contributed by atoms with E-state index in [0.29, 0.717) is 29.3 Å². The molecular formula is C24H28FN5O3. The lowest BCUT2D eigenvalue weighted by Gasteiger charge is -2.16. The Morgan fingerprint density at radius 2 is 1.97 bits per heavy atom. The third kappa shape index (κ3) is 5.60. The normalized spacial score (nSPS) is 12.0. The summed E-state index contributed by atoms with van der Waals surface area (Å²) in [5.41, 5.74) is 1.78. The maximum absolute atomic E-state index is 14.7. The Hall–Kier alpha value is -3.62. The third-order valence-electron chi connectivity index (χ3n) is 5.26. The van der Waals surface area contributed by atoms with Gasteiger partial charge in [0.05, 0.1) is 18.6 Å². The van der Waals surface area contributed by atoms with E-state index in [4.69, 9.17) is 4.74 Å². The lowest BCUT2D eigenvalue weighted by molar-refractivity contribution is -0.143. The summed E-state index contributed by atoms with van der Waals surface area (Å²) >= 11 is 0. The van der Waals surface area contributed by atoms with E-state index in [0.717, 1.165) is 0 Å². The number of carbonyl (C=O) groups excluding carboxylic acids is 2. The summed E-state index contributed by atoms with van der Waals surface area (Å²) in [7, 11) is 0. The van der Waals surface area contributed by atoms with Crippen LogP contribution in [0.25, 0.3) is 11.5 Å². The van der Waals surface area contributed by atoms with Crippen LogP contribution in [0.2, 0.25) is 0 Å². The molecule has 33 heavy (non-hydrogen) atoms. The SMILES string of the molecule is CCOC(=O)CC(C)c1cc(C(=O)Nc2cccc(-c3nncn3C(C)C)n2)c(F)cc1C. The molecule has 0 spiro atoms. The minimum absolute atomic E-state index is 0.121. The van der Waals surface area contributed by atoms with Crippen molar-refractivity contribution in [2.45, 2.75) is 53.0 Å². The molecular weight excluding hydrogens is 425 g/mol. The lowest BCUT2D eigenvalue weighted by Crippen LogP contribution is -2.17. The second-order valence-corrected chi connectivity index (χ2v) is 8.12. The fraction of sp³-hybridized carbons (Fsp3) is 0.375. The molecule has 8 nitrogen and oxygen atoms in total. The van der Waals surface area contributed by atoms with Gasteiger partial charge in [-0.1, -0.05) is 13.0 Å². The van der Waals surface area contributed by atoms with Gasteiger partial charge in [0.1, 0.15) is 23.7 Å². The third-order valence-corrected chi connectivity index (χ3v) is 5.26. The molecule has 3 rings (SSSR count). The molecule has 1 N–H and O–H groups in total. The molecule has 0 aliphatic carbocycles. The van der Waals surface area contributed by atoms with Crippen LogP contribution in [0.5, 0.6) is 0 Å². The van der Waals surface area contributed by atoms with Gasteiger partial charge in [-0.15, -0.1) is 10.2 Å². The molecule has 0 aliphatic rings. The average Bonchev–Trinajstić information content (AvgIpc) is 3.24. The molecule has 9 heteroatoms. The predicted octanol–water partition coefficient (Wildman–Crippen LogP) is 4.68. The van der Waals surface area contributed by atoms with Gasteiger partial charge in [-0.3, -0.25) is 9.59 Å². The van der Waals surface area contributed by atoms with Gasteiger partial charge in [-0.05, 0) is 69.0 Å². The fourth-order valence-electron chi connectivity index (χ4n) is 3.59. The Morgan fingerprint density at radius 3 is 2.67 bits per heavy atom. The zero-order valence-corrected chi connectivity index (χ0v) is 19.4. The molecule has 0 aliphatic heterocycles. The van der Waals surface area contributed by atoms with Crippen molar-refractivity contribution in [1.29, 1.82) is 0 Å². The fourth-order valence-corrected chi connectivity index (χ4v) is 3.59. The standard InChI is InChI=1S/C24H28FN5O3/c1-6-33-22(31)11-16(5)17-12-18(19(25)10-15(17)4)24(32)28-21-9-7-8-20(27-21)23-29-26-13-30(23)14(2)3/h7-10,12-14,16H,6,11H2,1-5H3,(H,27,28,32). The molecule has 0 saturated heterocycles. The predicted molar refractivity (Wildman–Crippen MR) is 122 cm³/mol. The Labute approximate surface area is 192 Å². The number of amides is 1. The van der Waals surface area contributed by atoms with Crippen LogP contribution in [-0.2, 0) is 9.53 Å². The minimum Gasteiger partial charge on any atom is -0.466 e. The number of nitrogens with one attached hydrogen (secondary N) is 1. The first-order valence-electron chi connectivity index (χ1n) is 10.8. The number of carbonyl (C=O) groups is 2. The van der Waals surface area contributed by atoms with Crippen molar-refractivity contribution in [2.75, 3.05) is 11.9 Å². The van der Waals surface area contributed by atoms with Crippen LogP contribution in [-0.4, -0.2) is 38.2 Å². The Bertz CT molecular complexity index is 1160. The number of halogens is 1. The number of rotatable bonds is 8. The monoisotopic (exact) mass is 453 g/mol. The maximum atomic E-state index is 14.7. The van der Waals surface area contributed by atoms with Crippen LogP contribution < -0.4 is 5.32 Å². The highest BCUT2D eigenvalue weighted by Crippen LogP contribution is 2.27. The molecule has 0 bridgehead atoms. The first-order chi connectivity index (χ1) is 15.7. The average molecular weight is 454 g/mol. The van der Waals surface area contributed by atoms with Crippen LogP contribution in [0.3, 0.4) is 0 Å².